The summed E-state index contributed by atoms with van der Waals surface area (Å²) in [6.45, 7) is 5.35. The van der Waals surface area contributed by atoms with Crippen LogP contribution < -0.4 is 10.1 Å². The Labute approximate surface area is 126 Å². The second kappa shape index (κ2) is 6.92. The van der Waals surface area contributed by atoms with Gasteiger partial charge in [-0.15, -0.1) is 0 Å². The molecule has 0 aliphatic carbocycles. The van der Waals surface area contributed by atoms with Crippen molar-refractivity contribution >= 4 is 10.8 Å². The number of hydrogen-bond acceptors (Lipinski definition) is 3. The molecule has 0 saturated carbocycles. The molecule has 0 unspecified atom stereocenters. The Bertz CT molecular complexity index is 591. The first kappa shape index (κ1) is 14.4. The van der Waals surface area contributed by atoms with Gasteiger partial charge in [0.1, 0.15) is 5.75 Å². The van der Waals surface area contributed by atoms with Gasteiger partial charge in [-0.1, -0.05) is 30.3 Å². The Morgan fingerprint density at radius 1 is 1.24 bits per heavy atom. The Morgan fingerprint density at radius 2 is 2.14 bits per heavy atom. The number of ether oxygens (including phenoxy) is 2. The average Bonchev–Trinajstić information content (AvgIpc) is 3.02. The molecule has 0 spiro atoms. The molecule has 3 heteroatoms. The lowest BCUT2D eigenvalue weighted by molar-refractivity contribution is 0.110. The molecule has 0 bridgehead atoms. The lowest BCUT2D eigenvalue weighted by Crippen LogP contribution is -2.26. The highest BCUT2D eigenvalue weighted by Crippen LogP contribution is 2.28. The second-order valence-corrected chi connectivity index (χ2v) is 5.46. The summed E-state index contributed by atoms with van der Waals surface area (Å²) in [5.41, 5.74) is 1.24. The minimum absolute atomic E-state index is 0.371. The topological polar surface area (TPSA) is 30.5 Å². The molecular formula is C18H23NO2. The lowest BCUT2D eigenvalue weighted by atomic mass is 10.0. The smallest absolute Gasteiger partial charge is 0.124 e. The van der Waals surface area contributed by atoms with Crippen molar-refractivity contribution in [3.05, 3.63) is 42.0 Å². The fourth-order valence-electron chi connectivity index (χ4n) is 2.95. The summed E-state index contributed by atoms with van der Waals surface area (Å²) in [6, 6.07) is 12.7. The molecule has 1 heterocycles. The standard InChI is InChI=1S/C18H23NO2/c1-2-20-18-10-9-14-6-3-4-8-16(14)17(18)13-19-12-15-7-5-11-21-15/h3-4,6,8-10,15,19H,2,5,7,11-13H2,1H3/t15-/m1/s1. The summed E-state index contributed by atoms with van der Waals surface area (Å²) in [6.07, 6.45) is 2.72. The van der Waals surface area contributed by atoms with E-state index in [2.05, 4.69) is 41.7 Å². The van der Waals surface area contributed by atoms with E-state index in [9.17, 15) is 0 Å². The van der Waals surface area contributed by atoms with Gasteiger partial charge in [-0.25, -0.2) is 0 Å². The molecule has 0 aromatic heterocycles. The summed E-state index contributed by atoms with van der Waals surface area (Å²) in [4.78, 5) is 0. The second-order valence-electron chi connectivity index (χ2n) is 5.46. The Hall–Kier alpha value is -1.58. The van der Waals surface area contributed by atoms with Crippen LogP contribution in [0.25, 0.3) is 10.8 Å². The van der Waals surface area contributed by atoms with E-state index in [1.807, 2.05) is 6.92 Å². The molecule has 3 rings (SSSR count). The number of nitrogens with one attached hydrogen (secondary N) is 1. The van der Waals surface area contributed by atoms with Crippen LogP contribution in [0.4, 0.5) is 0 Å². The molecule has 1 atom stereocenters. The van der Waals surface area contributed by atoms with Crippen molar-refractivity contribution in [1.29, 1.82) is 0 Å². The third-order valence-electron chi connectivity index (χ3n) is 4.00. The van der Waals surface area contributed by atoms with E-state index in [0.29, 0.717) is 12.7 Å². The zero-order chi connectivity index (χ0) is 14.5. The molecule has 1 aliphatic rings. The Morgan fingerprint density at radius 3 is 2.95 bits per heavy atom. The van der Waals surface area contributed by atoms with Crippen LogP contribution in [-0.4, -0.2) is 25.9 Å². The van der Waals surface area contributed by atoms with Crippen LogP contribution in [0.3, 0.4) is 0 Å². The van der Waals surface area contributed by atoms with Crippen molar-refractivity contribution in [2.75, 3.05) is 19.8 Å². The lowest BCUT2D eigenvalue weighted by Gasteiger charge is -2.16. The van der Waals surface area contributed by atoms with Gasteiger partial charge >= 0.3 is 0 Å². The Kier molecular flexibility index (Phi) is 4.73. The summed E-state index contributed by atoms with van der Waals surface area (Å²) >= 11 is 0. The average molecular weight is 285 g/mol. The van der Waals surface area contributed by atoms with Crippen LogP contribution >= 0.6 is 0 Å². The highest BCUT2D eigenvalue weighted by atomic mass is 16.5. The normalized spacial score (nSPS) is 18.2. The van der Waals surface area contributed by atoms with E-state index in [0.717, 1.165) is 25.4 Å². The molecule has 0 radical (unpaired) electrons. The zero-order valence-electron chi connectivity index (χ0n) is 12.6. The van der Waals surface area contributed by atoms with Gasteiger partial charge in [0.05, 0.1) is 12.7 Å². The Balaban J connectivity index is 1.78. The predicted molar refractivity (Wildman–Crippen MR) is 85.8 cm³/mol. The van der Waals surface area contributed by atoms with Crippen LogP contribution in [0.1, 0.15) is 25.3 Å². The molecule has 0 amide bonds. The quantitative estimate of drug-likeness (QED) is 0.881. The van der Waals surface area contributed by atoms with Crippen molar-refractivity contribution in [2.45, 2.75) is 32.4 Å². The van der Waals surface area contributed by atoms with Gasteiger partial charge in [0.2, 0.25) is 0 Å². The van der Waals surface area contributed by atoms with Crippen LogP contribution in [0.5, 0.6) is 5.75 Å². The minimum Gasteiger partial charge on any atom is -0.494 e. The summed E-state index contributed by atoms with van der Waals surface area (Å²) in [7, 11) is 0. The van der Waals surface area contributed by atoms with E-state index >= 15 is 0 Å². The van der Waals surface area contributed by atoms with E-state index in [1.165, 1.54) is 29.2 Å². The molecule has 112 valence electrons. The van der Waals surface area contributed by atoms with Crippen molar-refractivity contribution in [3.63, 3.8) is 0 Å². The molecule has 21 heavy (non-hydrogen) atoms. The van der Waals surface area contributed by atoms with Crippen LogP contribution in [-0.2, 0) is 11.3 Å². The number of benzene rings is 2. The van der Waals surface area contributed by atoms with E-state index in [4.69, 9.17) is 9.47 Å². The van der Waals surface area contributed by atoms with E-state index < -0.39 is 0 Å². The van der Waals surface area contributed by atoms with Crippen molar-refractivity contribution in [2.24, 2.45) is 0 Å². The van der Waals surface area contributed by atoms with E-state index in [-0.39, 0.29) is 0 Å². The SMILES string of the molecule is CCOc1ccc2ccccc2c1CNC[C@H]1CCCO1. The molecular weight excluding hydrogens is 262 g/mol. The van der Waals surface area contributed by atoms with Gasteiger partial charge in [0.25, 0.3) is 0 Å². The maximum Gasteiger partial charge on any atom is 0.124 e. The van der Waals surface area contributed by atoms with Crippen molar-refractivity contribution < 1.29 is 9.47 Å². The maximum absolute atomic E-state index is 5.80. The van der Waals surface area contributed by atoms with Gasteiger partial charge in [-0.05, 0) is 36.6 Å². The van der Waals surface area contributed by atoms with Gasteiger partial charge in [0, 0.05) is 25.3 Å². The number of hydrogen-bond donors (Lipinski definition) is 1. The first-order valence-corrected chi connectivity index (χ1v) is 7.84. The monoisotopic (exact) mass is 285 g/mol. The van der Waals surface area contributed by atoms with Gasteiger partial charge in [-0.3, -0.25) is 0 Å². The third-order valence-corrected chi connectivity index (χ3v) is 4.00. The van der Waals surface area contributed by atoms with Crippen LogP contribution in [0, 0.1) is 0 Å². The zero-order valence-corrected chi connectivity index (χ0v) is 12.6. The van der Waals surface area contributed by atoms with Gasteiger partial charge in [0.15, 0.2) is 0 Å². The highest BCUT2D eigenvalue weighted by Gasteiger charge is 2.15. The summed E-state index contributed by atoms with van der Waals surface area (Å²) in [5, 5.41) is 6.06. The maximum atomic E-state index is 5.80. The minimum atomic E-state index is 0.371. The molecule has 2 aromatic rings. The van der Waals surface area contributed by atoms with Gasteiger partial charge < -0.3 is 14.8 Å². The van der Waals surface area contributed by atoms with Crippen LogP contribution in [0.2, 0.25) is 0 Å². The third kappa shape index (κ3) is 3.36. The van der Waals surface area contributed by atoms with Gasteiger partial charge in [-0.2, -0.15) is 0 Å². The first-order valence-electron chi connectivity index (χ1n) is 7.84. The molecule has 1 aliphatic heterocycles. The fraction of sp³-hybridized carbons (Fsp3) is 0.444. The largest absolute Gasteiger partial charge is 0.494 e. The summed E-state index contributed by atoms with van der Waals surface area (Å²) < 4.78 is 11.5. The molecule has 1 N–H and O–H groups in total. The van der Waals surface area contributed by atoms with E-state index in [1.54, 1.807) is 0 Å². The fourth-order valence-corrected chi connectivity index (χ4v) is 2.95. The molecule has 1 saturated heterocycles. The number of rotatable bonds is 6. The first-order chi connectivity index (χ1) is 10.4. The van der Waals surface area contributed by atoms with Crippen molar-refractivity contribution in [1.82, 2.24) is 5.32 Å². The number of fused-ring (bicyclic) bond motifs is 1. The molecule has 3 nitrogen and oxygen atoms in total. The predicted octanol–water partition coefficient (Wildman–Crippen LogP) is 3.51. The molecule has 2 aromatic carbocycles. The molecule has 1 fully saturated rings. The van der Waals surface area contributed by atoms with Crippen LogP contribution in [0.15, 0.2) is 36.4 Å². The highest BCUT2D eigenvalue weighted by molar-refractivity contribution is 5.87. The summed E-state index contributed by atoms with van der Waals surface area (Å²) in [5.74, 6) is 0.982. The van der Waals surface area contributed by atoms with Crippen molar-refractivity contribution in [3.8, 4) is 5.75 Å².